The van der Waals surface area contributed by atoms with Crippen molar-refractivity contribution in [1.29, 1.82) is 0 Å². The SMILES string of the molecule is Cc1ccc(-n2nc(C(=O)N3CCC4(CC3)OCCO4)cc2C)cc1. The molecular weight excluding hydrogens is 318 g/mol. The predicted octanol–water partition coefficient (Wildman–Crippen LogP) is 2.47. The van der Waals surface area contributed by atoms with Crippen molar-refractivity contribution < 1.29 is 14.3 Å². The van der Waals surface area contributed by atoms with E-state index in [1.54, 1.807) is 0 Å². The maximum Gasteiger partial charge on any atom is 0.274 e. The van der Waals surface area contributed by atoms with Crippen molar-refractivity contribution in [2.45, 2.75) is 32.5 Å². The number of hydrogen-bond acceptors (Lipinski definition) is 4. The van der Waals surface area contributed by atoms with Crippen molar-refractivity contribution in [3.63, 3.8) is 0 Å². The molecule has 132 valence electrons. The first-order chi connectivity index (χ1) is 12.1. The molecule has 0 atom stereocenters. The molecule has 4 rings (SSSR count). The zero-order valence-corrected chi connectivity index (χ0v) is 14.7. The maximum atomic E-state index is 12.8. The Balaban J connectivity index is 1.49. The highest BCUT2D eigenvalue weighted by molar-refractivity contribution is 5.92. The second kappa shape index (κ2) is 6.28. The molecule has 6 nitrogen and oxygen atoms in total. The smallest absolute Gasteiger partial charge is 0.274 e. The van der Waals surface area contributed by atoms with Gasteiger partial charge in [-0.3, -0.25) is 4.79 Å². The van der Waals surface area contributed by atoms with E-state index in [9.17, 15) is 4.79 Å². The number of likely N-dealkylation sites (tertiary alicyclic amines) is 1. The summed E-state index contributed by atoms with van der Waals surface area (Å²) in [5.74, 6) is -0.490. The Morgan fingerprint density at radius 1 is 1.08 bits per heavy atom. The molecule has 1 spiro atoms. The summed E-state index contributed by atoms with van der Waals surface area (Å²) in [5, 5.41) is 4.54. The van der Waals surface area contributed by atoms with Crippen molar-refractivity contribution in [3.8, 4) is 5.69 Å². The average molecular weight is 341 g/mol. The highest BCUT2D eigenvalue weighted by Gasteiger charge is 2.41. The van der Waals surface area contributed by atoms with E-state index in [1.165, 1.54) is 5.56 Å². The van der Waals surface area contributed by atoms with Crippen LogP contribution in [-0.4, -0.2) is 52.7 Å². The molecule has 1 amide bonds. The molecule has 0 bridgehead atoms. The average Bonchev–Trinajstić information content (AvgIpc) is 3.23. The molecule has 2 fully saturated rings. The molecular formula is C19H23N3O3. The van der Waals surface area contributed by atoms with Crippen molar-refractivity contribution in [2.24, 2.45) is 0 Å². The zero-order valence-electron chi connectivity index (χ0n) is 14.7. The van der Waals surface area contributed by atoms with Crippen molar-refractivity contribution >= 4 is 5.91 Å². The molecule has 0 N–H and O–H groups in total. The van der Waals surface area contributed by atoms with Gasteiger partial charge in [-0.1, -0.05) is 17.7 Å². The number of nitrogens with zero attached hydrogens (tertiary/aromatic N) is 3. The monoisotopic (exact) mass is 341 g/mol. The number of benzene rings is 1. The normalized spacial score (nSPS) is 19.5. The Morgan fingerprint density at radius 2 is 1.72 bits per heavy atom. The van der Waals surface area contributed by atoms with E-state index in [0.717, 1.165) is 24.2 Å². The van der Waals surface area contributed by atoms with E-state index < -0.39 is 5.79 Å². The van der Waals surface area contributed by atoms with Gasteiger partial charge in [0.1, 0.15) is 0 Å². The number of aryl methyl sites for hydroxylation is 2. The summed E-state index contributed by atoms with van der Waals surface area (Å²) in [7, 11) is 0. The van der Waals surface area contributed by atoms with Gasteiger partial charge in [-0.15, -0.1) is 0 Å². The summed E-state index contributed by atoms with van der Waals surface area (Å²) >= 11 is 0. The lowest BCUT2D eigenvalue weighted by Crippen LogP contribution is -2.47. The van der Waals surface area contributed by atoms with Crippen LogP contribution in [0.1, 0.15) is 34.6 Å². The number of hydrogen-bond donors (Lipinski definition) is 0. The van der Waals surface area contributed by atoms with E-state index in [2.05, 4.69) is 12.0 Å². The van der Waals surface area contributed by atoms with Crippen molar-refractivity contribution in [1.82, 2.24) is 14.7 Å². The van der Waals surface area contributed by atoms with Crippen LogP contribution in [0, 0.1) is 13.8 Å². The Morgan fingerprint density at radius 3 is 2.36 bits per heavy atom. The molecule has 2 aliphatic rings. The molecule has 0 saturated carbocycles. The van der Waals surface area contributed by atoms with Crippen molar-refractivity contribution in [2.75, 3.05) is 26.3 Å². The third kappa shape index (κ3) is 3.07. The number of piperidine rings is 1. The predicted molar refractivity (Wildman–Crippen MR) is 92.8 cm³/mol. The fraction of sp³-hybridized carbons (Fsp3) is 0.474. The summed E-state index contributed by atoms with van der Waals surface area (Å²) in [4.78, 5) is 14.7. The number of amides is 1. The molecule has 1 aromatic heterocycles. The first kappa shape index (κ1) is 16.3. The van der Waals surface area contributed by atoms with Gasteiger partial charge in [-0.05, 0) is 32.0 Å². The minimum atomic E-state index is -0.464. The van der Waals surface area contributed by atoms with Crippen LogP contribution in [0.15, 0.2) is 30.3 Å². The Hall–Kier alpha value is -2.18. The molecule has 0 unspecified atom stereocenters. The summed E-state index contributed by atoms with van der Waals surface area (Å²) in [6, 6.07) is 9.98. The van der Waals surface area contributed by atoms with E-state index in [1.807, 2.05) is 46.8 Å². The fourth-order valence-corrected chi connectivity index (χ4v) is 3.52. The van der Waals surface area contributed by atoms with Gasteiger partial charge < -0.3 is 14.4 Å². The van der Waals surface area contributed by atoms with Gasteiger partial charge in [0.25, 0.3) is 5.91 Å². The Bertz CT molecular complexity index is 766. The van der Waals surface area contributed by atoms with Gasteiger partial charge in [-0.25, -0.2) is 4.68 Å². The summed E-state index contributed by atoms with van der Waals surface area (Å²) < 4.78 is 13.3. The molecule has 2 aliphatic heterocycles. The Labute approximate surface area is 147 Å². The molecule has 3 heterocycles. The molecule has 0 aliphatic carbocycles. The van der Waals surface area contributed by atoms with Crippen molar-refractivity contribution in [3.05, 3.63) is 47.3 Å². The van der Waals surface area contributed by atoms with Crippen LogP contribution in [-0.2, 0) is 9.47 Å². The van der Waals surface area contributed by atoms with Crippen LogP contribution >= 0.6 is 0 Å². The van der Waals surface area contributed by atoms with Crippen LogP contribution in [0.3, 0.4) is 0 Å². The lowest BCUT2D eigenvalue weighted by molar-refractivity contribution is -0.181. The third-order valence-electron chi connectivity index (χ3n) is 5.01. The number of ether oxygens (including phenoxy) is 2. The molecule has 2 aromatic rings. The quantitative estimate of drug-likeness (QED) is 0.842. The number of rotatable bonds is 2. The van der Waals surface area contributed by atoms with Gasteiger partial charge in [0, 0.05) is 31.6 Å². The molecule has 1 aromatic carbocycles. The fourth-order valence-electron chi connectivity index (χ4n) is 3.52. The minimum Gasteiger partial charge on any atom is -0.347 e. The van der Waals surface area contributed by atoms with Crippen LogP contribution < -0.4 is 0 Å². The lowest BCUT2D eigenvalue weighted by atomic mass is 10.0. The summed E-state index contributed by atoms with van der Waals surface area (Å²) in [6.07, 6.45) is 1.44. The largest absolute Gasteiger partial charge is 0.347 e. The second-order valence-corrected chi connectivity index (χ2v) is 6.82. The Kier molecular flexibility index (Phi) is 4.09. The lowest BCUT2D eigenvalue weighted by Gasteiger charge is -2.37. The number of carbonyl (C=O) groups excluding carboxylic acids is 1. The minimum absolute atomic E-state index is 0.0261. The first-order valence-corrected chi connectivity index (χ1v) is 8.77. The third-order valence-corrected chi connectivity index (χ3v) is 5.01. The van der Waals surface area contributed by atoms with Gasteiger partial charge >= 0.3 is 0 Å². The summed E-state index contributed by atoms with van der Waals surface area (Å²) in [6.45, 7) is 6.58. The van der Waals surface area contributed by atoms with E-state index in [0.29, 0.717) is 32.0 Å². The topological polar surface area (TPSA) is 56.6 Å². The maximum absolute atomic E-state index is 12.8. The first-order valence-electron chi connectivity index (χ1n) is 8.77. The molecule has 0 radical (unpaired) electrons. The highest BCUT2D eigenvalue weighted by atomic mass is 16.7. The van der Waals surface area contributed by atoms with Crippen LogP contribution in [0.5, 0.6) is 0 Å². The number of carbonyl (C=O) groups is 1. The van der Waals surface area contributed by atoms with Gasteiger partial charge in [0.15, 0.2) is 11.5 Å². The van der Waals surface area contributed by atoms with Gasteiger partial charge in [0.05, 0.1) is 18.9 Å². The van der Waals surface area contributed by atoms with Gasteiger partial charge in [0.2, 0.25) is 0 Å². The van der Waals surface area contributed by atoms with E-state index in [4.69, 9.17) is 9.47 Å². The van der Waals surface area contributed by atoms with Crippen LogP contribution in [0.4, 0.5) is 0 Å². The van der Waals surface area contributed by atoms with Gasteiger partial charge in [-0.2, -0.15) is 5.10 Å². The van der Waals surface area contributed by atoms with E-state index in [-0.39, 0.29) is 5.91 Å². The standard InChI is InChI=1S/C19H23N3O3/c1-14-3-5-16(6-4-14)22-15(2)13-17(20-22)18(23)21-9-7-19(8-10-21)24-11-12-25-19/h3-6,13H,7-12H2,1-2H3. The second-order valence-electron chi connectivity index (χ2n) is 6.82. The van der Waals surface area contributed by atoms with Crippen LogP contribution in [0.25, 0.3) is 5.69 Å². The summed E-state index contributed by atoms with van der Waals surface area (Å²) in [5.41, 5.74) is 3.60. The van der Waals surface area contributed by atoms with Crippen LogP contribution in [0.2, 0.25) is 0 Å². The molecule has 2 saturated heterocycles. The zero-order chi connectivity index (χ0) is 17.4. The molecule has 25 heavy (non-hydrogen) atoms. The molecule has 6 heteroatoms. The number of aromatic nitrogens is 2. The highest BCUT2D eigenvalue weighted by Crippen LogP contribution is 2.31. The van der Waals surface area contributed by atoms with E-state index >= 15 is 0 Å².